The number of aliphatic hydroxyl groups excluding tert-OH is 2. The summed E-state index contributed by atoms with van der Waals surface area (Å²) in [6.45, 7) is 10.6. The molecule has 0 aliphatic carbocycles. The minimum atomic E-state index is -4.01. The first kappa shape index (κ1) is 76.4. The first-order valence-corrected chi connectivity index (χ1v) is 33.1. The predicted molar refractivity (Wildman–Crippen MR) is 314 cm³/mol. The van der Waals surface area contributed by atoms with E-state index in [2.05, 4.69) is 37.7 Å². The Balaban J connectivity index is 0.00000152. The number of anilines is 1. The van der Waals surface area contributed by atoms with Gasteiger partial charge in [-0.3, -0.25) is 28.0 Å². The van der Waals surface area contributed by atoms with Gasteiger partial charge >= 0.3 is 26.6 Å². The number of nitrogens with zero attached hydrogens (tertiary/aromatic N) is 3. The van der Waals surface area contributed by atoms with Crippen molar-refractivity contribution in [3.63, 3.8) is 0 Å². The van der Waals surface area contributed by atoms with Gasteiger partial charge in [-0.1, -0.05) is 182 Å². The molecule has 0 bridgehead atoms. The second-order valence-corrected chi connectivity index (χ2v) is 25.1. The summed E-state index contributed by atoms with van der Waals surface area (Å²) in [7, 11) is -8.00. The van der Waals surface area contributed by atoms with Crippen molar-refractivity contribution in [2.45, 2.75) is 233 Å². The summed E-state index contributed by atoms with van der Waals surface area (Å²) < 4.78 is 58.6. The molecule has 4 atom stereocenters. The van der Waals surface area contributed by atoms with E-state index in [-0.39, 0.29) is 37.6 Å². The molecule has 21 nitrogen and oxygen atoms in total. The fraction of sp³-hybridized carbons (Fsp3) is 0.857. The summed E-state index contributed by atoms with van der Waals surface area (Å²) in [5, 5.41) is 18.9. The van der Waals surface area contributed by atoms with Gasteiger partial charge in [0.25, 0.3) is 5.56 Å². The van der Waals surface area contributed by atoms with E-state index < -0.39 is 70.2 Å². The number of aliphatic hydroxyl groups is 2. The minimum absolute atomic E-state index is 0. The molecule has 0 saturated carbocycles. The van der Waals surface area contributed by atoms with E-state index in [9.17, 15) is 43.5 Å². The van der Waals surface area contributed by atoms with Crippen LogP contribution in [0.15, 0.2) is 38.9 Å². The quantitative estimate of drug-likeness (QED) is 0.0265. The van der Waals surface area contributed by atoms with Crippen molar-refractivity contribution in [2.75, 3.05) is 71.3 Å². The summed E-state index contributed by atoms with van der Waals surface area (Å²) in [5.74, 6) is 1.76. The highest BCUT2D eigenvalue weighted by atomic mass is 31.2. The lowest BCUT2D eigenvalue weighted by atomic mass is 10.0. The monoisotopic (exact) mass is 1170 g/mol. The van der Waals surface area contributed by atoms with Crippen LogP contribution in [0.5, 0.6) is 0 Å². The highest BCUT2D eigenvalue weighted by Gasteiger charge is 2.24. The minimum Gasteiger partial charge on any atom is -0.412 e. The largest absolute Gasteiger partial charge is 0.412 e. The Labute approximate surface area is 472 Å². The molecule has 0 aliphatic rings. The van der Waals surface area contributed by atoms with Crippen LogP contribution in [0, 0.1) is 11.8 Å². The lowest BCUT2D eigenvalue weighted by Crippen LogP contribution is -2.34. The number of nitrogens with two attached hydrogens (primary N) is 1. The van der Waals surface area contributed by atoms with Gasteiger partial charge in [-0.25, -0.2) is 9.59 Å². The Bertz CT molecular complexity index is 2010. The van der Waals surface area contributed by atoms with E-state index in [0.29, 0.717) is 39.3 Å². The number of unbranched alkanes of at least 4 members (excludes halogenated alkanes) is 22. The number of nitrogens with one attached hydrogen (secondary N) is 1. The van der Waals surface area contributed by atoms with Crippen LogP contribution in [0.4, 0.5) is 5.82 Å². The summed E-state index contributed by atoms with van der Waals surface area (Å²) in [6, 6.07) is 2.61. The van der Waals surface area contributed by atoms with Crippen molar-refractivity contribution >= 4 is 21.0 Å². The number of ether oxygens (including phenoxy) is 4. The molecule has 0 radical (unpaired) electrons. The second-order valence-electron chi connectivity index (χ2n) is 21.5. The fourth-order valence-electron chi connectivity index (χ4n) is 8.40. The van der Waals surface area contributed by atoms with Gasteiger partial charge in [0, 0.05) is 44.9 Å². The summed E-state index contributed by atoms with van der Waals surface area (Å²) in [5.41, 5.74) is 3.66. The maximum absolute atomic E-state index is 12.2. The van der Waals surface area contributed by atoms with E-state index in [1.54, 1.807) is 0 Å². The molecule has 0 aliphatic heterocycles. The van der Waals surface area contributed by atoms with E-state index in [1.165, 1.54) is 171 Å². The van der Waals surface area contributed by atoms with E-state index in [4.69, 9.17) is 33.7 Å². The van der Waals surface area contributed by atoms with Gasteiger partial charge in [-0.15, -0.1) is 0 Å². The number of rotatable bonds is 52. The number of aromatic amines is 1. The molecule has 0 amide bonds. The standard InChI is InChI=1S/C28H54N3O7P.C28H53N2O8P.H2O/c1-25(2)16-13-11-9-7-5-3-4-6-8-10-12-14-19-36-20-15-21-38-39(34,35)24-37-26(23-32)22-31-18-17-27(29)30-28(31)33;1-25(2)16-13-11-9-7-5-3-4-6-8-10-12-14-19-36-20-15-21-38-39(34,35)24-37-26(23-31)22-30-18-17-27(32)29-28(30)33;/h17-18,25-26,32H,3-16,19-24H2,1-2H3,(H,34,35)(H2,29,30,33);17-18,25-26,31H,3-16,19-24H2,1-2H3,(H,34,35)(H,29,32,33);1H2/t2*26-;/m00./s1. The van der Waals surface area contributed by atoms with Crippen LogP contribution in [-0.4, -0.2) is 122 Å². The molecule has 23 heteroatoms. The number of hydrogen-bond acceptors (Lipinski definition) is 15. The van der Waals surface area contributed by atoms with Crippen LogP contribution in [0.1, 0.15) is 207 Å². The molecule has 2 aromatic rings. The van der Waals surface area contributed by atoms with Gasteiger partial charge in [0.15, 0.2) is 0 Å². The first-order valence-electron chi connectivity index (χ1n) is 29.6. The smallest absolute Gasteiger partial charge is 0.353 e. The van der Waals surface area contributed by atoms with Crippen molar-refractivity contribution in [2.24, 2.45) is 11.8 Å². The van der Waals surface area contributed by atoms with Crippen LogP contribution < -0.4 is 22.7 Å². The Hall–Kier alpha value is -2.62. The third kappa shape index (κ3) is 46.5. The zero-order valence-electron chi connectivity index (χ0n) is 49.0. The van der Waals surface area contributed by atoms with Crippen LogP contribution in [0.25, 0.3) is 0 Å². The molecule has 464 valence electrons. The highest BCUT2D eigenvalue weighted by Crippen LogP contribution is 2.43. The molecular formula is C56H109N5O16P2. The zero-order chi connectivity index (χ0) is 57.5. The molecule has 0 saturated heterocycles. The Morgan fingerprint density at radius 3 is 1.22 bits per heavy atom. The summed E-state index contributed by atoms with van der Waals surface area (Å²) in [6.07, 6.45) is 34.8. The first-order chi connectivity index (χ1) is 37.5. The fourth-order valence-corrected chi connectivity index (χ4v) is 10.2. The van der Waals surface area contributed by atoms with E-state index in [0.717, 1.165) is 41.7 Å². The van der Waals surface area contributed by atoms with Crippen molar-refractivity contribution in [1.29, 1.82) is 0 Å². The Morgan fingerprint density at radius 1 is 0.519 bits per heavy atom. The Morgan fingerprint density at radius 2 is 0.861 bits per heavy atom. The molecule has 0 spiro atoms. The van der Waals surface area contributed by atoms with Crippen LogP contribution >= 0.6 is 15.2 Å². The average molecular weight is 1170 g/mol. The molecule has 2 heterocycles. The van der Waals surface area contributed by atoms with Crippen molar-refractivity contribution in [3.8, 4) is 0 Å². The third-order valence-corrected chi connectivity index (χ3v) is 15.2. The van der Waals surface area contributed by atoms with Crippen molar-refractivity contribution in [1.82, 2.24) is 19.1 Å². The SMILES string of the molecule is CC(C)CCCCCCCCCCCCCCOCCCOP(=O)(O)CO[C@H](CO)Cn1ccc(=O)[nH]c1=O.CC(C)CCCCCCCCCCCCCCOCCCOP(=O)(O)CO[C@H](CO)Cn1ccc(N)nc1=O.O. The number of aromatic nitrogens is 4. The Kier molecular flexibility index (Phi) is 48.3. The maximum Gasteiger partial charge on any atom is 0.353 e. The molecule has 9 N–H and O–H groups in total. The van der Waals surface area contributed by atoms with E-state index in [1.807, 2.05) is 0 Å². The summed E-state index contributed by atoms with van der Waals surface area (Å²) in [4.78, 5) is 60.2. The lowest BCUT2D eigenvalue weighted by Gasteiger charge is -2.19. The number of H-pyrrole nitrogens is 1. The van der Waals surface area contributed by atoms with Crippen LogP contribution in [-0.2, 0) is 50.2 Å². The molecular weight excluding hydrogens is 1060 g/mol. The summed E-state index contributed by atoms with van der Waals surface area (Å²) >= 11 is 0. The van der Waals surface area contributed by atoms with Crippen LogP contribution in [0.3, 0.4) is 0 Å². The maximum atomic E-state index is 12.2. The highest BCUT2D eigenvalue weighted by molar-refractivity contribution is 7.52. The van der Waals surface area contributed by atoms with Crippen LogP contribution in [0.2, 0.25) is 0 Å². The van der Waals surface area contributed by atoms with Gasteiger partial charge in [-0.2, -0.15) is 4.98 Å². The normalized spacial score (nSPS) is 13.9. The predicted octanol–water partition coefficient (Wildman–Crippen LogP) is 9.88. The molecule has 2 unspecified atom stereocenters. The second kappa shape index (κ2) is 49.9. The van der Waals surface area contributed by atoms with Gasteiger partial charge in [0.2, 0.25) is 0 Å². The molecule has 0 fully saturated rings. The zero-order valence-corrected chi connectivity index (χ0v) is 50.8. The number of hydrogen-bond donors (Lipinski definition) is 6. The lowest BCUT2D eigenvalue weighted by molar-refractivity contribution is 0.0162. The van der Waals surface area contributed by atoms with Gasteiger partial charge in [0.05, 0.1) is 51.7 Å². The van der Waals surface area contributed by atoms with Gasteiger partial charge < -0.3 is 59.2 Å². The van der Waals surface area contributed by atoms with Crippen molar-refractivity contribution < 1.29 is 62.6 Å². The third-order valence-electron chi connectivity index (χ3n) is 13.0. The van der Waals surface area contributed by atoms with Gasteiger partial charge in [0.1, 0.15) is 18.5 Å². The average Bonchev–Trinajstić information content (AvgIpc) is 3.39. The number of nitrogen functional groups attached to an aromatic ring is 1. The topological polar surface area (TPSA) is 318 Å². The molecule has 79 heavy (non-hydrogen) atoms. The van der Waals surface area contributed by atoms with Gasteiger partial charge in [-0.05, 0) is 43.6 Å². The van der Waals surface area contributed by atoms with Crippen molar-refractivity contribution in [3.05, 3.63) is 55.8 Å². The molecule has 2 aromatic heterocycles. The van der Waals surface area contributed by atoms with E-state index >= 15 is 0 Å². The molecule has 2 rings (SSSR count). The molecule has 0 aromatic carbocycles.